The maximum absolute atomic E-state index is 11.2. The number of carbonyl (C=O) groups is 1. The van der Waals surface area contributed by atoms with Crippen molar-refractivity contribution < 1.29 is 9.90 Å². The number of thiophene rings is 1. The van der Waals surface area contributed by atoms with Gasteiger partial charge in [0.1, 0.15) is 0 Å². The monoisotopic (exact) mass is 331 g/mol. The quantitative estimate of drug-likeness (QED) is 0.921. The van der Waals surface area contributed by atoms with Gasteiger partial charge in [-0.15, -0.1) is 11.3 Å². The van der Waals surface area contributed by atoms with Crippen LogP contribution in [-0.4, -0.2) is 29.1 Å². The molecule has 0 bridgehead atoms. The van der Waals surface area contributed by atoms with Crippen molar-refractivity contribution in [3.05, 3.63) is 20.3 Å². The van der Waals surface area contributed by atoms with Crippen molar-refractivity contribution in [2.24, 2.45) is 5.41 Å². The molecule has 1 aromatic rings. The van der Waals surface area contributed by atoms with Crippen molar-refractivity contribution in [2.45, 2.75) is 33.2 Å². The molecule has 1 fully saturated rings. The first kappa shape index (κ1) is 14.0. The molecule has 0 aromatic carbocycles. The fourth-order valence-corrected chi connectivity index (χ4v) is 3.88. The first-order valence-electron chi connectivity index (χ1n) is 6.11. The van der Waals surface area contributed by atoms with Gasteiger partial charge in [-0.2, -0.15) is 0 Å². The van der Waals surface area contributed by atoms with Crippen LogP contribution in [0.1, 0.15) is 29.5 Å². The Bertz CT molecular complexity index is 430. The molecule has 5 heteroatoms. The number of hydrogen-bond donors (Lipinski definition) is 1. The van der Waals surface area contributed by atoms with Gasteiger partial charge in [0.15, 0.2) is 0 Å². The van der Waals surface area contributed by atoms with Gasteiger partial charge < -0.3 is 5.11 Å². The van der Waals surface area contributed by atoms with Crippen molar-refractivity contribution in [1.82, 2.24) is 4.90 Å². The Morgan fingerprint density at radius 3 is 2.61 bits per heavy atom. The highest BCUT2D eigenvalue weighted by Gasteiger charge is 2.36. The highest BCUT2D eigenvalue weighted by molar-refractivity contribution is 9.10. The number of halogens is 1. The second kappa shape index (κ2) is 5.31. The van der Waals surface area contributed by atoms with E-state index in [2.05, 4.69) is 33.8 Å². The number of rotatable bonds is 3. The van der Waals surface area contributed by atoms with Gasteiger partial charge in [-0.1, -0.05) is 0 Å². The zero-order chi connectivity index (χ0) is 13.3. The van der Waals surface area contributed by atoms with E-state index in [-0.39, 0.29) is 0 Å². The minimum Gasteiger partial charge on any atom is -0.481 e. The number of aryl methyl sites for hydroxylation is 1. The Morgan fingerprint density at radius 2 is 2.17 bits per heavy atom. The molecule has 100 valence electrons. The number of carboxylic acid groups (broad SMARTS) is 1. The van der Waals surface area contributed by atoms with E-state index in [0.29, 0.717) is 0 Å². The van der Waals surface area contributed by atoms with Gasteiger partial charge >= 0.3 is 5.97 Å². The van der Waals surface area contributed by atoms with Gasteiger partial charge in [0.25, 0.3) is 0 Å². The third-order valence-corrected chi connectivity index (χ3v) is 5.88. The zero-order valence-corrected chi connectivity index (χ0v) is 13.1. The Kier molecular flexibility index (Phi) is 4.14. The number of likely N-dealkylation sites (tertiary alicyclic amines) is 1. The summed E-state index contributed by atoms with van der Waals surface area (Å²) in [4.78, 5) is 16.2. The summed E-state index contributed by atoms with van der Waals surface area (Å²) in [6.45, 7) is 6.65. The highest BCUT2D eigenvalue weighted by atomic mass is 79.9. The van der Waals surface area contributed by atoms with E-state index >= 15 is 0 Å². The Balaban J connectivity index is 1.93. The Labute approximate surface area is 120 Å². The molecule has 2 heterocycles. The lowest BCUT2D eigenvalue weighted by atomic mass is 9.80. The van der Waals surface area contributed by atoms with E-state index < -0.39 is 11.4 Å². The van der Waals surface area contributed by atoms with Crippen LogP contribution in [0, 0.1) is 12.3 Å². The average molecular weight is 332 g/mol. The SMILES string of the molecule is Cc1sc(CN2CCC(C)(C(=O)O)CC2)cc1Br. The maximum Gasteiger partial charge on any atom is 0.309 e. The molecule has 2 rings (SSSR count). The molecule has 1 aromatic heterocycles. The minimum absolute atomic E-state index is 0.525. The molecule has 1 aliphatic rings. The number of nitrogens with zero attached hydrogens (tertiary/aromatic N) is 1. The Hall–Kier alpha value is -0.390. The first-order chi connectivity index (χ1) is 8.40. The number of hydrogen-bond acceptors (Lipinski definition) is 3. The predicted molar refractivity (Wildman–Crippen MR) is 77.0 cm³/mol. The third kappa shape index (κ3) is 2.95. The fourth-order valence-electron chi connectivity index (χ4n) is 2.23. The predicted octanol–water partition coefficient (Wildman–Crippen LogP) is 3.51. The van der Waals surface area contributed by atoms with Crippen molar-refractivity contribution in [2.75, 3.05) is 13.1 Å². The summed E-state index contributed by atoms with van der Waals surface area (Å²) in [5, 5.41) is 9.19. The van der Waals surface area contributed by atoms with E-state index in [1.54, 1.807) is 0 Å². The lowest BCUT2D eigenvalue weighted by molar-refractivity contribution is -0.150. The Morgan fingerprint density at radius 1 is 1.56 bits per heavy atom. The summed E-state index contributed by atoms with van der Waals surface area (Å²) < 4.78 is 1.18. The smallest absolute Gasteiger partial charge is 0.309 e. The number of piperidine rings is 1. The minimum atomic E-state index is -0.656. The summed E-state index contributed by atoms with van der Waals surface area (Å²) in [6, 6.07) is 2.17. The van der Waals surface area contributed by atoms with Crippen molar-refractivity contribution in [3.8, 4) is 0 Å². The molecular formula is C13H18BrNO2S. The van der Waals surface area contributed by atoms with Gasteiger partial charge in [-0.25, -0.2) is 0 Å². The summed E-state index contributed by atoms with van der Waals surface area (Å²) in [6.07, 6.45) is 1.49. The van der Waals surface area contributed by atoms with Crippen molar-refractivity contribution >= 4 is 33.2 Å². The van der Waals surface area contributed by atoms with E-state index in [9.17, 15) is 9.90 Å². The van der Waals surface area contributed by atoms with E-state index in [1.165, 1.54) is 14.2 Å². The van der Waals surface area contributed by atoms with Crippen LogP contribution in [0.3, 0.4) is 0 Å². The second-order valence-corrected chi connectivity index (χ2v) is 7.45. The molecular weight excluding hydrogens is 314 g/mol. The van der Waals surface area contributed by atoms with Crippen LogP contribution < -0.4 is 0 Å². The van der Waals surface area contributed by atoms with Gasteiger partial charge in [-0.3, -0.25) is 9.69 Å². The zero-order valence-electron chi connectivity index (χ0n) is 10.7. The van der Waals surface area contributed by atoms with Gasteiger partial charge in [0.2, 0.25) is 0 Å². The van der Waals surface area contributed by atoms with Gasteiger partial charge in [0, 0.05) is 20.8 Å². The summed E-state index contributed by atoms with van der Waals surface area (Å²) in [5.74, 6) is -0.656. The lowest BCUT2D eigenvalue weighted by Gasteiger charge is -2.36. The van der Waals surface area contributed by atoms with E-state index in [4.69, 9.17) is 0 Å². The van der Waals surface area contributed by atoms with Crippen LogP contribution in [0.25, 0.3) is 0 Å². The summed E-state index contributed by atoms with van der Waals surface area (Å²) in [7, 11) is 0. The number of carboxylic acids is 1. The molecule has 1 aliphatic heterocycles. The third-order valence-electron chi connectivity index (χ3n) is 3.76. The fraction of sp³-hybridized carbons (Fsp3) is 0.615. The molecule has 1 N–H and O–H groups in total. The summed E-state index contributed by atoms with van der Waals surface area (Å²) in [5.41, 5.74) is -0.525. The molecule has 0 aliphatic carbocycles. The normalized spacial score (nSPS) is 19.9. The summed E-state index contributed by atoms with van der Waals surface area (Å²) >= 11 is 5.34. The van der Waals surface area contributed by atoms with Crippen LogP contribution in [-0.2, 0) is 11.3 Å². The van der Waals surface area contributed by atoms with Crippen molar-refractivity contribution in [3.63, 3.8) is 0 Å². The molecule has 0 spiro atoms. The molecule has 0 atom stereocenters. The van der Waals surface area contributed by atoms with Gasteiger partial charge in [0.05, 0.1) is 5.41 Å². The molecule has 18 heavy (non-hydrogen) atoms. The highest BCUT2D eigenvalue weighted by Crippen LogP contribution is 2.33. The topological polar surface area (TPSA) is 40.5 Å². The van der Waals surface area contributed by atoms with Crippen LogP contribution in [0.5, 0.6) is 0 Å². The molecule has 3 nitrogen and oxygen atoms in total. The second-order valence-electron chi connectivity index (χ2n) is 5.26. The maximum atomic E-state index is 11.2. The van der Waals surface area contributed by atoms with E-state index in [1.807, 2.05) is 18.3 Å². The van der Waals surface area contributed by atoms with E-state index in [0.717, 1.165) is 32.5 Å². The van der Waals surface area contributed by atoms with Gasteiger partial charge in [-0.05, 0) is 61.8 Å². The molecule has 0 radical (unpaired) electrons. The standard InChI is InChI=1S/C13H18BrNO2S/c1-9-11(14)7-10(18-9)8-15-5-3-13(2,4-6-15)12(16)17/h7H,3-6,8H2,1-2H3,(H,16,17). The molecule has 1 saturated heterocycles. The van der Waals surface area contributed by atoms with Crippen LogP contribution in [0.2, 0.25) is 0 Å². The van der Waals surface area contributed by atoms with Crippen LogP contribution in [0.15, 0.2) is 10.5 Å². The average Bonchev–Trinajstić information content (AvgIpc) is 2.61. The van der Waals surface area contributed by atoms with Crippen LogP contribution >= 0.6 is 27.3 Å². The largest absolute Gasteiger partial charge is 0.481 e. The molecule has 0 unspecified atom stereocenters. The first-order valence-corrected chi connectivity index (χ1v) is 7.72. The van der Waals surface area contributed by atoms with Crippen molar-refractivity contribution in [1.29, 1.82) is 0 Å². The number of aliphatic carboxylic acids is 1. The lowest BCUT2D eigenvalue weighted by Crippen LogP contribution is -2.42. The van der Waals surface area contributed by atoms with Crippen LogP contribution in [0.4, 0.5) is 0 Å². The molecule has 0 saturated carbocycles. The molecule has 0 amide bonds.